The van der Waals surface area contributed by atoms with Crippen molar-refractivity contribution in [1.82, 2.24) is 0 Å². The lowest BCUT2D eigenvalue weighted by Gasteiger charge is -2.13. The van der Waals surface area contributed by atoms with Gasteiger partial charge in [-0.1, -0.05) is 0 Å². The molecule has 0 aromatic heterocycles. The molecule has 0 unspecified atom stereocenters. The van der Waals surface area contributed by atoms with Crippen LogP contribution in [0.4, 0.5) is 10.1 Å². The Labute approximate surface area is 139 Å². The summed E-state index contributed by atoms with van der Waals surface area (Å²) < 4.78 is 41.6. The molecule has 0 saturated heterocycles. The van der Waals surface area contributed by atoms with Gasteiger partial charge in [-0.3, -0.25) is 4.79 Å². The van der Waals surface area contributed by atoms with Crippen LogP contribution < -0.4 is 15.2 Å². The highest BCUT2D eigenvalue weighted by Gasteiger charge is 2.16. The monoisotopic (exact) mass is 352 g/mol. The molecule has 2 rings (SSSR count). The van der Waals surface area contributed by atoms with E-state index in [-0.39, 0.29) is 16.2 Å². The van der Waals surface area contributed by atoms with Crippen molar-refractivity contribution < 1.29 is 22.3 Å². The third-order valence-corrected chi connectivity index (χ3v) is 4.52. The third kappa shape index (κ3) is 3.72. The highest BCUT2D eigenvalue weighted by molar-refractivity contribution is 7.89. The van der Waals surface area contributed by atoms with Gasteiger partial charge in [0.05, 0.1) is 12.0 Å². The number of anilines is 1. The number of hydrogen-bond acceptors (Lipinski definition) is 4. The summed E-state index contributed by atoms with van der Waals surface area (Å²) in [6.07, 6.45) is 0. The fourth-order valence-electron chi connectivity index (χ4n) is 2.12. The van der Waals surface area contributed by atoms with Crippen LogP contribution in [0, 0.1) is 19.7 Å². The number of halogens is 1. The molecule has 8 heteroatoms. The number of nitrogens with two attached hydrogens (primary N) is 1. The standard InChI is InChI=1S/C16H17FN2O4S/c1-9-6-12(24(18,21)22)8-14(10(9)2)19-16(20)11-4-5-15(23-3)13(17)7-11/h4-8H,1-3H3,(H,19,20)(H2,18,21,22). The van der Waals surface area contributed by atoms with Crippen molar-refractivity contribution in [3.8, 4) is 5.75 Å². The Bertz CT molecular complexity index is 911. The molecule has 2 aromatic carbocycles. The Kier molecular flexibility index (Phi) is 4.91. The van der Waals surface area contributed by atoms with Crippen LogP contribution in [0.3, 0.4) is 0 Å². The minimum Gasteiger partial charge on any atom is -0.494 e. The Balaban J connectivity index is 2.38. The smallest absolute Gasteiger partial charge is 0.255 e. The molecule has 0 aliphatic carbocycles. The molecule has 2 aromatic rings. The average molecular weight is 352 g/mol. The first-order chi connectivity index (χ1) is 11.1. The van der Waals surface area contributed by atoms with Crippen molar-refractivity contribution in [3.05, 3.63) is 52.8 Å². The molecule has 1 amide bonds. The Morgan fingerprint density at radius 2 is 1.88 bits per heavy atom. The van der Waals surface area contributed by atoms with Gasteiger partial charge in [0.15, 0.2) is 11.6 Å². The number of amides is 1. The Morgan fingerprint density at radius 3 is 2.42 bits per heavy atom. The molecule has 0 heterocycles. The van der Waals surface area contributed by atoms with E-state index in [1.54, 1.807) is 13.8 Å². The number of ether oxygens (including phenoxy) is 1. The van der Waals surface area contributed by atoms with E-state index >= 15 is 0 Å². The summed E-state index contributed by atoms with van der Waals surface area (Å²) in [6.45, 7) is 3.43. The molecule has 0 bridgehead atoms. The average Bonchev–Trinajstić information content (AvgIpc) is 2.50. The third-order valence-electron chi connectivity index (χ3n) is 3.63. The maximum atomic E-state index is 13.7. The lowest BCUT2D eigenvalue weighted by molar-refractivity contribution is 0.102. The molecule has 0 radical (unpaired) electrons. The van der Waals surface area contributed by atoms with Crippen LogP contribution in [0.1, 0.15) is 21.5 Å². The molecule has 0 aliphatic heterocycles. The molecule has 0 atom stereocenters. The first-order valence-corrected chi connectivity index (χ1v) is 8.47. The number of methoxy groups -OCH3 is 1. The van der Waals surface area contributed by atoms with E-state index in [4.69, 9.17) is 9.88 Å². The van der Waals surface area contributed by atoms with E-state index in [1.165, 1.54) is 31.4 Å². The first kappa shape index (κ1) is 17.9. The van der Waals surface area contributed by atoms with Gasteiger partial charge in [-0.2, -0.15) is 0 Å². The molecule has 0 spiro atoms. The Morgan fingerprint density at radius 1 is 1.21 bits per heavy atom. The van der Waals surface area contributed by atoms with Gasteiger partial charge in [0.25, 0.3) is 5.91 Å². The maximum absolute atomic E-state index is 13.7. The van der Waals surface area contributed by atoms with Crippen LogP contribution >= 0.6 is 0 Å². The van der Waals surface area contributed by atoms with Crippen molar-refractivity contribution in [2.24, 2.45) is 5.14 Å². The second-order valence-corrected chi connectivity index (χ2v) is 6.82. The number of primary sulfonamides is 1. The zero-order valence-corrected chi connectivity index (χ0v) is 14.2. The molecule has 3 N–H and O–H groups in total. The number of carbonyl (C=O) groups is 1. The summed E-state index contributed by atoms with van der Waals surface area (Å²) in [7, 11) is -2.59. The van der Waals surface area contributed by atoms with Crippen LogP contribution in [-0.2, 0) is 10.0 Å². The van der Waals surface area contributed by atoms with Crippen LogP contribution in [-0.4, -0.2) is 21.4 Å². The number of aryl methyl sites for hydroxylation is 1. The van der Waals surface area contributed by atoms with Gasteiger partial charge in [0, 0.05) is 11.3 Å². The van der Waals surface area contributed by atoms with Gasteiger partial charge < -0.3 is 10.1 Å². The highest BCUT2D eigenvalue weighted by atomic mass is 32.2. The van der Waals surface area contributed by atoms with E-state index in [9.17, 15) is 17.6 Å². The van der Waals surface area contributed by atoms with E-state index in [2.05, 4.69) is 5.32 Å². The number of benzene rings is 2. The van der Waals surface area contributed by atoms with Crippen molar-refractivity contribution in [2.45, 2.75) is 18.7 Å². The lowest BCUT2D eigenvalue weighted by atomic mass is 10.1. The minimum absolute atomic E-state index is 0.0230. The molecule has 6 nitrogen and oxygen atoms in total. The van der Waals surface area contributed by atoms with Gasteiger partial charge in [-0.15, -0.1) is 0 Å². The highest BCUT2D eigenvalue weighted by Crippen LogP contribution is 2.25. The largest absolute Gasteiger partial charge is 0.494 e. The quantitative estimate of drug-likeness (QED) is 0.882. The van der Waals surface area contributed by atoms with Gasteiger partial charge in [-0.25, -0.2) is 17.9 Å². The molecular weight excluding hydrogens is 335 g/mol. The van der Waals surface area contributed by atoms with Crippen LogP contribution in [0.25, 0.3) is 0 Å². The van der Waals surface area contributed by atoms with Gasteiger partial charge in [0.1, 0.15) is 0 Å². The van der Waals surface area contributed by atoms with Crippen LogP contribution in [0.2, 0.25) is 0 Å². The normalized spacial score (nSPS) is 11.2. The molecular formula is C16H17FN2O4S. The fourth-order valence-corrected chi connectivity index (χ4v) is 2.75. The topological polar surface area (TPSA) is 98.5 Å². The van der Waals surface area contributed by atoms with E-state index in [0.717, 1.165) is 6.07 Å². The zero-order chi connectivity index (χ0) is 18.1. The van der Waals surface area contributed by atoms with Crippen LogP contribution in [0.5, 0.6) is 5.75 Å². The summed E-state index contributed by atoms with van der Waals surface area (Å²) in [5.41, 5.74) is 1.70. The Hall–Kier alpha value is -2.45. The number of carbonyl (C=O) groups excluding carboxylic acids is 1. The summed E-state index contributed by atoms with van der Waals surface area (Å²) in [6, 6.07) is 6.48. The fraction of sp³-hybridized carbons (Fsp3) is 0.188. The number of rotatable bonds is 4. The second kappa shape index (κ2) is 6.58. The van der Waals surface area contributed by atoms with Gasteiger partial charge >= 0.3 is 0 Å². The SMILES string of the molecule is COc1ccc(C(=O)Nc2cc(S(N)(=O)=O)cc(C)c2C)cc1F. The van der Waals surface area contributed by atoms with Crippen molar-refractivity contribution in [1.29, 1.82) is 0 Å². The lowest BCUT2D eigenvalue weighted by Crippen LogP contribution is -2.16. The number of sulfonamides is 1. The predicted octanol–water partition coefficient (Wildman–Crippen LogP) is 2.35. The van der Waals surface area contributed by atoms with E-state index in [0.29, 0.717) is 16.8 Å². The number of nitrogens with one attached hydrogen (secondary N) is 1. The zero-order valence-electron chi connectivity index (χ0n) is 13.4. The molecule has 0 saturated carbocycles. The maximum Gasteiger partial charge on any atom is 0.255 e. The number of hydrogen-bond donors (Lipinski definition) is 2. The van der Waals surface area contributed by atoms with E-state index in [1.807, 2.05) is 0 Å². The molecule has 128 valence electrons. The predicted molar refractivity (Wildman–Crippen MR) is 88.2 cm³/mol. The molecule has 0 fully saturated rings. The van der Waals surface area contributed by atoms with Gasteiger partial charge in [0.2, 0.25) is 10.0 Å². The van der Waals surface area contributed by atoms with E-state index < -0.39 is 21.7 Å². The molecule has 0 aliphatic rings. The second-order valence-electron chi connectivity index (χ2n) is 5.26. The van der Waals surface area contributed by atoms with Gasteiger partial charge in [-0.05, 0) is 55.3 Å². The first-order valence-electron chi connectivity index (χ1n) is 6.92. The van der Waals surface area contributed by atoms with Crippen LogP contribution in [0.15, 0.2) is 35.2 Å². The minimum atomic E-state index is -3.91. The van der Waals surface area contributed by atoms with Crippen molar-refractivity contribution >= 4 is 21.6 Å². The summed E-state index contributed by atoms with van der Waals surface area (Å²) in [4.78, 5) is 12.2. The van der Waals surface area contributed by atoms with Crippen molar-refractivity contribution in [2.75, 3.05) is 12.4 Å². The molecule has 24 heavy (non-hydrogen) atoms. The summed E-state index contributed by atoms with van der Waals surface area (Å²) in [5, 5.41) is 7.71. The van der Waals surface area contributed by atoms with Crippen molar-refractivity contribution in [3.63, 3.8) is 0 Å². The summed E-state index contributed by atoms with van der Waals surface area (Å²) in [5.74, 6) is -1.23. The summed E-state index contributed by atoms with van der Waals surface area (Å²) >= 11 is 0.